The fourth-order valence-corrected chi connectivity index (χ4v) is 4.83. The highest BCUT2D eigenvalue weighted by Crippen LogP contribution is 2.29. The summed E-state index contributed by atoms with van der Waals surface area (Å²) >= 11 is 1.52. The van der Waals surface area contributed by atoms with Crippen LogP contribution in [0.15, 0.2) is 83.3 Å². The number of nitrogens with one attached hydrogen (secondary N) is 1. The number of nitro groups is 1. The number of nitro benzene ring substituents is 1. The van der Waals surface area contributed by atoms with Crippen molar-refractivity contribution in [3.8, 4) is 22.5 Å². The number of carboxylic acid groups (broad SMARTS) is 1. The molecule has 1 unspecified atom stereocenters. The number of rotatable bonds is 13. The van der Waals surface area contributed by atoms with Gasteiger partial charge in [-0.1, -0.05) is 42.5 Å². The molecule has 41 heavy (non-hydrogen) atoms. The zero-order chi connectivity index (χ0) is 29.4. The van der Waals surface area contributed by atoms with Gasteiger partial charge in [0.1, 0.15) is 24.2 Å². The number of benzene rings is 3. The lowest BCUT2D eigenvalue weighted by molar-refractivity contribution is -0.384. The fraction of sp³-hybridized carbons (Fsp3) is 0.226. The minimum atomic E-state index is -1.07. The van der Waals surface area contributed by atoms with E-state index in [1.54, 1.807) is 36.4 Å². The summed E-state index contributed by atoms with van der Waals surface area (Å²) in [5.74, 6) is 0.156. The van der Waals surface area contributed by atoms with Crippen molar-refractivity contribution < 1.29 is 28.8 Å². The van der Waals surface area contributed by atoms with E-state index in [4.69, 9.17) is 9.15 Å². The van der Waals surface area contributed by atoms with Gasteiger partial charge in [0.05, 0.1) is 11.5 Å². The van der Waals surface area contributed by atoms with Crippen molar-refractivity contribution in [2.24, 2.45) is 0 Å². The lowest BCUT2D eigenvalue weighted by Gasteiger charge is -2.17. The van der Waals surface area contributed by atoms with E-state index < -0.39 is 22.8 Å². The van der Waals surface area contributed by atoms with E-state index in [1.165, 1.54) is 23.9 Å². The van der Waals surface area contributed by atoms with Crippen molar-refractivity contribution in [2.75, 3.05) is 12.0 Å². The van der Waals surface area contributed by atoms with Crippen LogP contribution in [0, 0.1) is 17.0 Å². The molecule has 0 radical (unpaired) electrons. The van der Waals surface area contributed by atoms with Crippen LogP contribution in [-0.2, 0) is 22.7 Å². The van der Waals surface area contributed by atoms with Crippen LogP contribution in [-0.4, -0.2) is 40.0 Å². The first kappa shape index (κ1) is 29.6. The molecular weight excluding hydrogens is 544 g/mol. The standard InChI is InChI=1S/C31H30N2O7S/c1-20-6-3-4-9-25(20)27-16-21(10-12-26(27)30(34)32-28(31(35)36)14-15-41-2)18-39-19-24-11-13-29(40-24)22-7-5-8-23(17-22)33(37)38/h3-13,16-17,28H,14-15,18-19H2,1-2H3,(H,32,34)(H,35,36). The number of carbonyl (C=O) groups excluding carboxylic acids is 1. The summed E-state index contributed by atoms with van der Waals surface area (Å²) in [5.41, 5.74) is 4.30. The molecule has 0 bridgehead atoms. The van der Waals surface area contributed by atoms with E-state index >= 15 is 0 Å². The first-order valence-corrected chi connectivity index (χ1v) is 14.3. The molecule has 1 atom stereocenters. The molecule has 0 saturated heterocycles. The summed E-state index contributed by atoms with van der Waals surface area (Å²) in [6.45, 7) is 2.36. The Morgan fingerprint density at radius 3 is 2.56 bits per heavy atom. The average Bonchev–Trinajstić information content (AvgIpc) is 3.44. The second kappa shape index (κ2) is 13.8. The number of carboxylic acids is 1. The van der Waals surface area contributed by atoms with Crippen molar-refractivity contribution in [1.29, 1.82) is 0 Å². The van der Waals surface area contributed by atoms with Gasteiger partial charge in [0.2, 0.25) is 0 Å². The molecule has 0 fully saturated rings. The Kier molecular flexibility index (Phi) is 9.94. The minimum Gasteiger partial charge on any atom is -0.480 e. The molecule has 2 N–H and O–H groups in total. The molecule has 4 aromatic rings. The summed E-state index contributed by atoms with van der Waals surface area (Å²) in [6.07, 6.45) is 2.21. The molecule has 4 rings (SSSR count). The van der Waals surface area contributed by atoms with Gasteiger partial charge < -0.3 is 19.6 Å². The molecule has 0 aliphatic rings. The third-order valence-corrected chi connectivity index (χ3v) is 7.14. The van der Waals surface area contributed by atoms with Crippen LogP contribution in [0.1, 0.15) is 33.7 Å². The Morgan fingerprint density at radius 1 is 1.02 bits per heavy atom. The molecule has 0 aliphatic carbocycles. The summed E-state index contributed by atoms with van der Waals surface area (Å²) in [4.78, 5) is 35.6. The largest absolute Gasteiger partial charge is 0.480 e. The van der Waals surface area contributed by atoms with Crippen LogP contribution in [0.5, 0.6) is 0 Å². The van der Waals surface area contributed by atoms with Gasteiger partial charge in [0.15, 0.2) is 0 Å². The minimum absolute atomic E-state index is 0.0169. The Bertz CT molecular complexity index is 1550. The number of nitrogens with zero attached hydrogens (tertiary/aromatic N) is 1. The third-order valence-electron chi connectivity index (χ3n) is 6.49. The quantitative estimate of drug-likeness (QED) is 0.137. The fourth-order valence-electron chi connectivity index (χ4n) is 4.36. The topological polar surface area (TPSA) is 132 Å². The normalized spacial score (nSPS) is 11.7. The van der Waals surface area contributed by atoms with Gasteiger partial charge in [0, 0.05) is 23.3 Å². The molecule has 212 valence electrons. The predicted octanol–water partition coefficient (Wildman–Crippen LogP) is 6.48. The lowest BCUT2D eigenvalue weighted by atomic mass is 9.93. The molecule has 9 nitrogen and oxygen atoms in total. The van der Waals surface area contributed by atoms with Crippen molar-refractivity contribution in [3.63, 3.8) is 0 Å². The van der Waals surface area contributed by atoms with Gasteiger partial charge >= 0.3 is 5.97 Å². The average molecular weight is 575 g/mol. The van der Waals surface area contributed by atoms with Gasteiger partial charge in [-0.2, -0.15) is 11.8 Å². The number of aliphatic carboxylic acids is 1. The number of thioether (sulfide) groups is 1. The predicted molar refractivity (Wildman–Crippen MR) is 158 cm³/mol. The number of hydrogen-bond donors (Lipinski definition) is 2. The van der Waals surface area contributed by atoms with Gasteiger partial charge in [-0.15, -0.1) is 0 Å². The maximum Gasteiger partial charge on any atom is 0.326 e. The van der Waals surface area contributed by atoms with Crippen molar-refractivity contribution >= 4 is 29.3 Å². The van der Waals surface area contributed by atoms with Gasteiger partial charge in [-0.3, -0.25) is 14.9 Å². The van der Waals surface area contributed by atoms with Crippen LogP contribution in [0.2, 0.25) is 0 Å². The lowest BCUT2D eigenvalue weighted by Crippen LogP contribution is -2.41. The maximum atomic E-state index is 13.3. The Hall–Kier alpha value is -4.41. The molecule has 1 aromatic heterocycles. The Labute approximate surface area is 241 Å². The second-order valence-corrected chi connectivity index (χ2v) is 10.4. The number of hydrogen-bond acceptors (Lipinski definition) is 7. The number of furan rings is 1. The summed E-state index contributed by atoms with van der Waals surface area (Å²) in [6, 6.07) is 21.8. The number of carbonyl (C=O) groups is 2. The number of ether oxygens (including phenoxy) is 1. The molecule has 1 heterocycles. The van der Waals surface area contributed by atoms with E-state index in [0.29, 0.717) is 40.4 Å². The van der Waals surface area contributed by atoms with E-state index in [0.717, 1.165) is 16.7 Å². The monoisotopic (exact) mass is 574 g/mol. The van der Waals surface area contributed by atoms with Crippen LogP contribution < -0.4 is 5.32 Å². The first-order valence-electron chi connectivity index (χ1n) is 12.9. The summed E-state index contributed by atoms with van der Waals surface area (Å²) < 4.78 is 11.7. The van der Waals surface area contributed by atoms with E-state index in [-0.39, 0.29) is 18.9 Å². The zero-order valence-corrected chi connectivity index (χ0v) is 23.5. The van der Waals surface area contributed by atoms with Gasteiger partial charge in [-0.05, 0) is 71.9 Å². The summed E-state index contributed by atoms with van der Waals surface area (Å²) in [5, 5.41) is 23.3. The third kappa shape index (κ3) is 7.62. The van der Waals surface area contributed by atoms with Gasteiger partial charge in [0.25, 0.3) is 11.6 Å². The van der Waals surface area contributed by atoms with E-state index in [9.17, 15) is 24.8 Å². The number of amides is 1. The highest BCUT2D eigenvalue weighted by atomic mass is 32.2. The highest BCUT2D eigenvalue weighted by molar-refractivity contribution is 7.98. The van der Waals surface area contributed by atoms with Gasteiger partial charge in [-0.25, -0.2) is 4.79 Å². The molecule has 0 saturated carbocycles. The van der Waals surface area contributed by atoms with Crippen LogP contribution >= 0.6 is 11.8 Å². The van der Waals surface area contributed by atoms with E-state index in [2.05, 4.69) is 5.32 Å². The smallest absolute Gasteiger partial charge is 0.326 e. The summed E-state index contributed by atoms with van der Waals surface area (Å²) in [7, 11) is 0. The first-order chi connectivity index (χ1) is 19.8. The Morgan fingerprint density at radius 2 is 1.83 bits per heavy atom. The highest BCUT2D eigenvalue weighted by Gasteiger charge is 2.23. The molecule has 0 spiro atoms. The zero-order valence-electron chi connectivity index (χ0n) is 22.7. The maximum absolute atomic E-state index is 13.3. The molecule has 3 aromatic carbocycles. The van der Waals surface area contributed by atoms with Crippen LogP contribution in [0.25, 0.3) is 22.5 Å². The van der Waals surface area contributed by atoms with Crippen molar-refractivity contribution in [3.05, 3.63) is 111 Å². The van der Waals surface area contributed by atoms with E-state index in [1.807, 2.05) is 43.5 Å². The Balaban J connectivity index is 1.50. The van der Waals surface area contributed by atoms with Crippen LogP contribution in [0.4, 0.5) is 5.69 Å². The van der Waals surface area contributed by atoms with Crippen molar-refractivity contribution in [1.82, 2.24) is 5.32 Å². The molecule has 1 amide bonds. The number of non-ortho nitro benzene ring substituents is 1. The molecular formula is C31H30N2O7S. The SMILES string of the molecule is CSCCC(NC(=O)c1ccc(COCc2ccc(-c3cccc([N+](=O)[O-])c3)o2)cc1-c1ccccc1C)C(=O)O. The molecule has 0 aliphatic heterocycles. The van der Waals surface area contributed by atoms with Crippen molar-refractivity contribution in [2.45, 2.75) is 32.6 Å². The molecule has 10 heteroatoms. The number of aryl methyl sites for hydroxylation is 1. The van der Waals surface area contributed by atoms with Crippen LogP contribution in [0.3, 0.4) is 0 Å². The second-order valence-electron chi connectivity index (χ2n) is 9.41.